The van der Waals surface area contributed by atoms with Gasteiger partial charge >= 0.3 is 0 Å². The molecule has 0 bridgehead atoms. The summed E-state index contributed by atoms with van der Waals surface area (Å²) >= 11 is 0. The molecular formula is C23H32FNO4. The Morgan fingerprint density at radius 1 is 1.38 bits per heavy atom. The maximum atomic E-state index is 16.6. The van der Waals surface area contributed by atoms with Gasteiger partial charge in [0.25, 0.3) is 5.91 Å². The molecule has 0 aromatic rings. The van der Waals surface area contributed by atoms with E-state index in [1.54, 1.807) is 6.08 Å². The zero-order valence-corrected chi connectivity index (χ0v) is 17.5. The molecule has 3 fully saturated rings. The van der Waals surface area contributed by atoms with E-state index < -0.39 is 40.5 Å². The first-order valence-corrected chi connectivity index (χ1v) is 10.9. The number of ketones is 1. The van der Waals surface area contributed by atoms with Crippen molar-refractivity contribution in [3.63, 3.8) is 0 Å². The summed E-state index contributed by atoms with van der Waals surface area (Å²) in [4.78, 5) is 24.8. The highest BCUT2D eigenvalue weighted by atomic mass is 19.1. The minimum Gasteiger partial charge on any atom is -0.390 e. The molecule has 4 rings (SSSR count). The number of amides is 1. The third-order valence-corrected chi connectivity index (χ3v) is 8.47. The number of hydrogen-bond acceptors (Lipinski definition) is 4. The molecule has 0 saturated heterocycles. The summed E-state index contributed by atoms with van der Waals surface area (Å²) in [6, 6.07) is 0. The lowest BCUT2D eigenvalue weighted by Gasteiger charge is -2.59. The zero-order chi connectivity index (χ0) is 21.2. The lowest BCUT2D eigenvalue weighted by atomic mass is 9.48. The fraction of sp³-hybridized carbons (Fsp3) is 0.739. The van der Waals surface area contributed by atoms with Crippen LogP contribution >= 0.6 is 0 Å². The first-order valence-electron chi connectivity index (χ1n) is 10.9. The fourth-order valence-corrected chi connectivity index (χ4v) is 7.02. The van der Waals surface area contributed by atoms with Crippen LogP contribution in [0, 0.1) is 29.1 Å². The maximum Gasteiger partial charge on any atom is 0.252 e. The molecule has 0 aromatic carbocycles. The van der Waals surface area contributed by atoms with Crippen LogP contribution in [0.4, 0.5) is 4.39 Å². The standard InChI is InChI=1S/C23H32FNO4/c1-4-9-25-20(28)23(29)13(2)10-18-17-7-5-14-11-15(26)6-8-16(14)22(17,24)19(27)12-21(18,23)3/h6,8,11,13,16-19,27,29H,4-5,7,9-10,12H2,1-3H3,(H,25,28)/t13-,16?,17+,18+,19+,21+,22+,23+/m1/s1. The van der Waals surface area contributed by atoms with E-state index in [0.717, 1.165) is 12.0 Å². The molecule has 3 N–H and O–H groups in total. The van der Waals surface area contributed by atoms with Gasteiger partial charge in [0.15, 0.2) is 11.4 Å². The highest BCUT2D eigenvalue weighted by Crippen LogP contribution is 2.68. The number of aliphatic hydroxyl groups excluding tert-OH is 1. The number of aliphatic hydroxyl groups is 2. The van der Waals surface area contributed by atoms with Gasteiger partial charge in [0.1, 0.15) is 5.67 Å². The second-order valence-corrected chi connectivity index (χ2v) is 9.83. The number of rotatable bonds is 3. The van der Waals surface area contributed by atoms with Gasteiger partial charge in [-0.15, -0.1) is 0 Å². The van der Waals surface area contributed by atoms with Crippen molar-refractivity contribution >= 4 is 11.7 Å². The van der Waals surface area contributed by atoms with Crippen molar-refractivity contribution < 1.29 is 24.2 Å². The van der Waals surface area contributed by atoms with Crippen LogP contribution < -0.4 is 5.32 Å². The summed E-state index contributed by atoms with van der Waals surface area (Å²) in [5, 5.41) is 25.6. The van der Waals surface area contributed by atoms with E-state index in [-0.39, 0.29) is 24.0 Å². The highest BCUT2D eigenvalue weighted by molar-refractivity contribution is 6.01. The van der Waals surface area contributed by atoms with E-state index >= 15 is 4.39 Å². The lowest BCUT2D eigenvalue weighted by molar-refractivity contribution is -0.206. The zero-order valence-electron chi connectivity index (χ0n) is 17.5. The van der Waals surface area contributed by atoms with Crippen molar-refractivity contribution in [2.75, 3.05) is 6.54 Å². The minimum absolute atomic E-state index is 0.0244. The van der Waals surface area contributed by atoms with Gasteiger partial charge in [0.05, 0.1) is 6.10 Å². The lowest BCUT2D eigenvalue weighted by Crippen LogP contribution is -2.67. The Labute approximate surface area is 171 Å². The Morgan fingerprint density at radius 2 is 2.10 bits per heavy atom. The molecule has 0 spiro atoms. The van der Waals surface area contributed by atoms with Gasteiger partial charge in [-0.3, -0.25) is 9.59 Å². The van der Waals surface area contributed by atoms with Gasteiger partial charge in [-0.1, -0.05) is 32.4 Å². The molecule has 29 heavy (non-hydrogen) atoms. The first kappa shape index (κ1) is 20.7. The molecule has 6 heteroatoms. The minimum atomic E-state index is -1.88. The fourth-order valence-electron chi connectivity index (χ4n) is 7.02. The van der Waals surface area contributed by atoms with E-state index in [2.05, 4.69) is 5.32 Å². The number of carbonyl (C=O) groups excluding carboxylic acids is 2. The van der Waals surface area contributed by atoms with Gasteiger partial charge in [-0.25, -0.2) is 4.39 Å². The SMILES string of the molecule is CCCNC(=O)[C@@]1(O)[C@H](C)C[C@H]2[C@@H]3CCC4=CC(=O)C=CC4[C@@]3(F)[C@@H](O)C[C@@]21C. The molecule has 0 aromatic heterocycles. The van der Waals surface area contributed by atoms with Crippen LogP contribution in [0.1, 0.15) is 52.9 Å². The Bertz CT molecular complexity index is 794. The Kier molecular flexibility index (Phi) is 4.82. The number of halogens is 1. The molecule has 1 unspecified atom stereocenters. The number of carbonyl (C=O) groups is 2. The van der Waals surface area contributed by atoms with Gasteiger partial charge in [0, 0.05) is 23.8 Å². The number of alkyl halides is 1. The molecule has 160 valence electrons. The predicted octanol–water partition coefficient (Wildman–Crippen LogP) is 2.47. The Balaban J connectivity index is 1.73. The second-order valence-electron chi connectivity index (χ2n) is 9.83. The van der Waals surface area contributed by atoms with Crippen LogP contribution in [0.25, 0.3) is 0 Å². The Morgan fingerprint density at radius 3 is 2.79 bits per heavy atom. The van der Waals surface area contributed by atoms with Crippen LogP contribution in [0.3, 0.4) is 0 Å². The second kappa shape index (κ2) is 6.74. The molecule has 0 radical (unpaired) electrons. The van der Waals surface area contributed by atoms with E-state index in [4.69, 9.17) is 0 Å². The van der Waals surface area contributed by atoms with E-state index in [1.165, 1.54) is 12.2 Å². The molecule has 4 aliphatic rings. The normalized spacial score (nSPS) is 48.4. The molecule has 3 saturated carbocycles. The predicted molar refractivity (Wildman–Crippen MR) is 107 cm³/mol. The summed E-state index contributed by atoms with van der Waals surface area (Å²) in [6.07, 6.45) is 5.64. The average Bonchev–Trinajstić information content (AvgIpc) is 2.87. The summed E-state index contributed by atoms with van der Waals surface area (Å²) in [7, 11) is 0. The van der Waals surface area contributed by atoms with Crippen LogP contribution in [-0.4, -0.2) is 45.8 Å². The van der Waals surface area contributed by atoms with Crippen molar-refractivity contribution in [2.24, 2.45) is 29.1 Å². The molecule has 8 atom stereocenters. The Hall–Kier alpha value is -1.53. The smallest absolute Gasteiger partial charge is 0.252 e. The maximum absolute atomic E-state index is 16.6. The molecule has 1 amide bonds. The largest absolute Gasteiger partial charge is 0.390 e. The van der Waals surface area contributed by atoms with Crippen LogP contribution in [0.2, 0.25) is 0 Å². The molecule has 0 heterocycles. The van der Waals surface area contributed by atoms with Gasteiger partial charge < -0.3 is 15.5 Å². The average molecular weight is 406 g/mol. The highest BCUT2D eigenvalue weighted by Gasteiger charge is 2.73. The number of hydrogen-bond donors (Lipinski definition) is 3. The number of nitrogens with one attached hydrogen (secondary N) is 1. The van der Waals surface area contributed by atoms with E-state index in [9.17, 15) is 19.8 Å². The summed E-state index contributed by atoms with van der Waals surface area (Å²) in [5.41, 5.74) is -3.67. The summed E-state index contributed by atoms with van der Waals surface area (Å²) in [6.45, 7) is 6.13. The molecule has 5 nitrogen and oxygen atoms in total. The topological polar surface area (TPSA) is 86.6 Å². The van der Waals surface area contributed by atoms with Gasteiger partial charge in [-0.05, 0) is 56.1 Å². The first-order chi connectivity index (χ1) is 13.6. The van der Waals surface area contributed by atoms with Crippen molar-refractivity contribution in [2.45, 2.75) is 70.2 Å². The van der Waals surface area contributed by atoms with Crippen LogP contribution in [0.15, 0.2) is 23.8 Å². The van der Waals surface area contributed by atoms with Crippen molar-refractivity contribution in [1.82, 2.24) is 5.32 Å². The summed E-state index contributed by atoms with van der Waals surface area (Å²) < 4.78 is 16.6. The molecule has 4 aliphatic carbocycles. The number of allylic oxidation sites excluding steroid dienone is 4. The van der Waals surface area contributed by atoms with Gasteiger partial charge in [-0.2, -0.15) is 0 Å². The van der Waals surface area contributed by atoms with E-state index in [0.29, 0.717) is 25.8 Å². The molecule has 0 aliphatic heterocycles. The quantitative estimate of drug-likeness (QED) is 0.673. The van der Waals surface area contributed by atoms with E-state index in [1.807, 2.05) is 20.8 Å². The molecular weight excluding hydrogens is 373 g/mol. The van der Waals surface area contributed by atoms with Gasteiger partial charge in [0.2, 0.25) is 0 Å². The van der Waals surface area contributed by atoms with Crippen molar-refractivity contribution in [1.29, 1.82) is 0 Å². The summed E-state index contributed by atoms with van der Waals surface area (Å²) in [5.74, 6) is -2.16. The van der Waals surface area contributed by atoms with Crippen LogP contribution in [-0.2, 0) is 9.59 Å². The van der Waals surface area contributed by atoms with Crippen molar-refractivity contribution in [3.8, 4) is 0 Å². The number of fused-ring (bicyclic) bond motifs is 5. The third kappa shape index (κ3) is 2.57. The third-order valence-electron chi connectivity index (χ3n) is 8.47. The monoisotopic (exact) mass is 405 g/mol. The van der Waals surface area contributed by atoms with Crippen LogP contribution in [0.5, 0.6) is 0 Å². The van der Waals surface area contributed by atoms with Crippen molar-refractivity contribution in [3.05, 3.63) is 23.8 Å².